The predicted molar refractivity (Wildman–Crippen MR) is 65.6 cm³/mol. The Morgan fingerprint density at radius 1 is 0.786 bits per heavy atom. The summed E-state index contributed by atoms with van der Waals surface area (Å²) >= 11 is 0. The lowest BCUT2D eigenvalue weighted by Crippen LogP contribution is -1.70. The van der Waals surface area contributed by atoms with Gasteiger partial charge in [-0.05, 0) is 6.92 Å². The van der Waals surface area contributed by atoms with E-state index >= 15 is 0 Å². The summed E-state index contributed by atoms with van der Waals surface area (Å²) in [6.07, 6.45) is 7.01. The molecule has 1 aromatic rings. The van der Waals surface area contributed by atoms with E-state index in [2.05, 4.69) is 32.9 Å². The molecule has 0 atom stereocenters. The van der Waals surface area contributed by atoms with Crippen molar-refractivity contribution in [2.45, 2.75) is 52.9 Å². The molecule has 0 radical (unpaired) electrons. The van der Waals surface area contributed by atoms with Crippen molar-refractivity contribution in [2.24, 2.45) is 0 Å². The van der Waals surface area contributed by atoms with Gasteiger partial charge in [-0.1, -0.05) is 81.8 Å². The summed E-state index contributed by atoms with van der Waals surface area (Å²) in [5.41, 5.74) is 1.32. The zero-order chi connectivity index (χ0) is 10.6. The van der Waals surface area contributed by atoms with E-state index in [4.69, 9.17) is 0 Å². The Bertz CT molecular complexity index is 184. The van der Waals surface area contributed by atoms with Crippen LogP contribution in [0.1, 0.15) is 51.5 Å². The highest BCUT2D eigenvalue weighted by molar-refractivity contribution is 5.11. The van der Waals surface area contributed by atoms with E-state index in [0.717, 1.165) is 0 Å². The van der Waals surface area contributed by atoms with E-state index in [0.29, 0.717) is 0 Å². The Hall–Kier alpha value is -0.780. The van der Waals surface area contributed by atoms with Crippen molar-refractivity contribution in [3.63, 3.8) is 0 Å². The summed E-state index contributed by atoms with van der Waals surface area (Å²) in [4.78, 5) is 0. The summed E-state index contributed by atoms with van der Waals surface area (Å²) < 4.78 is 0. The molecule has 0 bridgehead atoms. The van der Waals surface area contributed by atoms with Crippen LogP contribution in [0.2, 0.25) is 0 Å². The van der Waals surface area contributed by atoms with E-state index < -0.39 is 0 Å². The van der Waals surface area contributed by atoms with Crippen molar-refractivity contribution in [3.05, 3.63) is 35.9 Å². The largest absolute Gasteiger partial charge is 0.0654 e. The molecule has 0 nitrogen and oxygen atoms in total. The molecule has 0 unspecified atom stereocenters. The van der Waals surface area contributed by atoms with Crippen LogP contribution in [0.25, 0.3) is 0 Å². The molecule has 0 aliphatic carbocycles. The van der Waals surface area contributed by atoms with Crippen molar-refractivity contribution in [1.82, 2.24) is 0 Å². The van der Waals surface area contributed by atoms with E-state index in [1.54, 1.807) is 0 Å². The van der Waals surface area contributed by atoms with Crippen molar-refractivity contribution in [3.8, 4) is 0 Å². The molecule has 80 valence electrons. The third kappa shape index (κ3) is 9.31. The molecular weight excluding hydrogens is 168 g/mol. The molecule has 0 spiro atoms. The Labute approximate surface area is 89.4 Å². The molecule has 14 heavy (non-hydrogen) atoms. The average molecular weight is 192 g/mol. The molecule has 0 saturated carbocycles. The van der Waals surface area contributed by atoms with Gasteiger partial charge >= 0.3 is 0 Å². The van der Waals surface area contributed by atoms with Gasteiger partial charge in [0.25, 0.3) is 0 Å². The molecule has 1 rings (SSSR count). The second-order valence-corrected chi connectivity index (χ2v) is 3.72. The average Bonchev–Trinajstić information content (AvgIpc) is 2.21. The van der Waals surface area contributed by atoms with Gasteiger partial charge in [0.15, 0.2) is 0 Å². The van der Waals surface area contributed by atoms with Gasteiger partial charge in [0, 0.05) is 0 Å². The van der Waals surface area contributed by atoms with Crippen LogP contribution in [0.15, 0.2) is 30.3 Å². The highest BCUT2D eigenvalue weighted by Crippen LogP contribution is 2.00. The highest BCUT2D eigenvalue weighted by atomic mass is 13.9. The minimum absolute atomic E-state index is 1.32. The third-order valence-electron chi connectivity index (χ3n) is 2.15. The Balaban J connectivity index is 0.000000241. The van der Waals surface area contributed by atoms with Crippen LogP contribution < -0.4 is 0 Å². The van der Waals surface area contributed by atoms with Crippen LogP contribution in [-0.4, -0.2) is 0 Å². The maximum atomic E-state index is 2.25. The van der Waals surface area contributed by atoms with Gasteiger partial charge in [-0.2, -0.15) is 0 Å². The van der Waals surface area contributed by atoms with Crippen molar-refractivity contribution >= 4 is 0 Å². The number of rotatable bonds is 4. The number of unbranched alkanes of at least 4 members (excludes halogenated alkanes) is 4. The van der Waals surface area contributed by atoms with Gasteiger partial charge in [0.1, 0.15) is 0 Å². The Kier molecular flexibility index (Phi) is 9.73. The fourth-order valence-corrected chi connectivity index (χ4v) is 1.21. The molecule has 0 aromatic heterocycles. The summed E-state index contributed by atoms with van der Waals surface area (Å²) in [6, 6.07) is 10.3. The Morgan fingerprint density at radius 2 is 1.29 bits per heavy atom. The third-order valence-corrected chi connectivity index (χ3v) is 2.15. The van der Waals surface area contributed by atoms with Gasteiger partial charge in [-0.15, -0.1) is 0 Å². The van der Waals surface area contributed by atoms with Crippen LogP contribution >= 0.6 is 0 Å². The Morgan fingerprint density at radius 3 is 1.57 bits per heavy atom. The minimum atomic E-state index is 1.32. The monoisotopic (exact) mass is 192 g/mol. The number of hydrogen-bond donors (Lipinski definition) is 0. The van der Waals surface area contributed by atoms with Crippen LogP contribution in [0.5, 0.6) is 0 Å². The second kappa shape index (κ2) is 10.3. The first-order chi connectivity index (χ1) is 6.81. The van der Waals surface area contributed by atoms with E-state index in [-0.39, 0.29) is 0 Å². The van der Waals surface area contributed by atoms with Gasteiger partial charge in [0.2, 0.25) is 0 Å². The molecular formula is C14H24. The lowest BCUT2D eigenvalue weighted by molar-refractivity contribution is 0.656. The summed E-state index contributed by atoms with van der Waals surface area (Å²) in [7, 11) is 0. The molecule has 0 heteroatoms. The standard InChI is InChI=1S/C7H8.C7H16/c1-7-5-3-2-4-6-7;1-3-5-7-6-4-2/h2-6H,1H3;3-7H2,1-2H3. The first-order valence-corrected chi connectivity index (χ1v) is 5.82. The lowest BCUT2D eigenvalue weighted by atomic mass is 10.2. The SMILES string of the molecule is CCCCCCC.Cc1ccccc1. The molecule has 0 heterocycles. The van der Waals surface area contributed by atoms with Crippen molar-refractivity contribution in [2.75, 3.05) is 0 Å². The quantitative estimate of drug-likeness (QED) is 0.591. The van der Waals surface area contributed by atoms with E-state index in [1.807, 2.05) is 18.2 Å². The fourth-order valence-electron chi connectivity index (χ4n) is 1.21. The maximum Gasteiger partial charge on any atom is -0.0398 e. The van der Waals surface area contributed by atoms with Gasteiger partial charge in [-0.3, -0.25) is 0 Å². The fraction of sp³-hybridized carbons (Fsp3) is 0.571. The zero-order valence-corrected chi connectivity index (χ0v) is 9.92. The van der Waals surface area contributed by atoms with Crippen LogP contribution in [-0.2, 0) is 0 Å². The zero-order valence-electron chi connectivity index (χ0n) is 9.92. The predicted octanol–water partition coefficient (Wildman–Crippen LogP) is 4.97. The van der Waals surface area contributed by atoms with Crippen molar-refractivity contribution < 1.29 is 0 Å². The number of benzene rings is 1. The summed E-state index contributed by atoms with van der Waals surface area (Å²) in [5, 5.41) is 0. The topological polar surface area (TPSA) is 0 Å². The van der Waals surface area contributed by atoms with Crippen LogP contribution in [0.3, 0.4) is 0 Å². The highest BCUT2D eigenvalue weighted by Gasteiger charge is 1.80. The van der Waals surface area contributed by atoms with Crippen molar-refractivity contribution in [1.29, 1.82) is 0 Å². The lowest BCUT2D eigenvalue weighted by Gasteiger charge is -1.90. The normalized spacial score (nSPS) is 9.07. The summed E-state index contributed by atoms with van der Waals surface area (Å²) in [5.74, 6) is 0. The molecule has 0 saturated heterocycles. The van der Waals surface area contributed by atoms with Gasteiger partial charge in [0.05, 0.1) is 0 Å². The minimum Gasteiger partial charge on any atom is -0.0654 e. The van der Waals surface area contributed by atoms with Gasteiger partial charge in [-0.25, -0.2) is 0 Å². The first-order valence-electron chi connectivity index (χ1n) is 5.82. The van der Waals surface area contributed by atoms with Crippen LogP contribution in [0.4, 0.5) is 0 Å². The molecule has 0 N–H and O–H groups in total. The second-order valence-electron chi connectivity index (χ2n) is 3.72. The summed E-state index contributed by atoms with van der Waals surface area (Å²) in [6.45, 7) is 6.57. The van der Waals surface area contributed by atoms with Gasteiger partial charge < -0.3 is 0 Å². The van der Waals surface area contributed by atoms with E-state index in [1.165, 1.54) is 37.7 Å². The molecule has 0 aliphatic heterocycles. The maximum absolute atomic E-state index is 2.25. The molecule has 1 aromatic carbocycles. The molecule has 0 fully saturated rings. The number of hydrogen-bond acceptors (Lipinski definition) is 0. The molecule has 0 aliphatic rings. The smallest absolute Gasteiger partial charge is 0.0398 e. The number of aryl methyl sites for hydroxylation is 1. The molecule has 0 amide bonds. The van der Waals surface area contributed by atoms with E-state index in [9.17, 15) is 0 Å². The van der Waals surface area contributed by atoms with Crippen LogP contribution in [0, 0.1) is 6.92 Å². The first kappa shape index (κ1) is 13.2.